The van der Waals surface area contributed by atoms with Gasteiger partial charge in [0, 0.05) is 11.0 Å². The van der Waals surface area contributed by atoms with Gasteiger partial charge in [-0.15, -0.1) is 0 Å². The normalized spacial score (nSPS) is 17.7. The van der Waals surface area contributed by atoms with E-state index in [1.54, 1.807) is 7.11 Å². The first-order valence-electron chi connectivity index (χ1n) is 7.26. The molecule has 0 spiro atoms. The highest BCUT2D eigenvalue weighted by Crippen LogP contribution is 2.45. The first-order chi connectivity index (χ1) is 9.07. The minimum atomic E-state index is -0.108. The summed E-state index contributed by atoms with van der Waals surface area (Å²) in [7, 11) is 1.65. The zero-order valence-electron chi connectivity index (χ0n) is 12.2. The third kappa shape index (κ3) is 2.99. The summed E-state index contributed by atoms with van der Waals surface area (Å²) in [5.41, 5.74) is 0.728. The number of benzene rings is 1. The van der Waals surface area contributed by atoms with Crippen LogP contribution in [0.25, 0.3) is 0 Å². The summed E-state index contributed by atoms with van der Waals surface area (Å²) in [5, 5.41) is 0. The van der Waals surface area contributed by atoms with Crippen molar-refractivity contribution < 1.29 is 9.53 Å². The predicted molar refractivity (Wildman–Crippen MR) is 77.7 cm³/mol. The molecule has 0 amide bonds. The lowest BCUT2D eigenvalue weighted by Gasteiger charge is -2.29. The number of ether oxygens (including phenoxy) is 1. The predicted octanol–water partition coefficient (Wildman–Crippen LogP) is 4.48. The number of carbonyl (C=O) groups is 1. The zero-order valence-corrected chi connectivity index (χ0v) is 12.2. The highest BCUT2D eigenvalue weighted by atomic mass is 16.5. The molecule has 0 heterocycles. The van der Waals surface area contributed by atoms with Gasteiger partial charge in [-0.1, -0.05) is 26.7 Å². The van der Waals surface area contributed by atoms with Crippen LogP contribution in [0.15, 0.2) is 24.3 Å². The minimum Gasteiger partial charge on any atom is -0.497 e. The van der Waals surface area contributed by atoms with Crippen LogP contribution in [-0.4, -0.2) is 12.9 Å². The van der Waals surface area contributed by atoms with Crippen LogP contribution in [0.2, 0.25) is 0 Å². The molecule has 19 heavy (non-hydrogen) atoms. The Morgan fingerprint density at radius 1 is 1.21 bits per heavy atom. The summed E-state index contributed by atoms with van der Waals surface area (Å²) in [4.78, 5) is 12.9. The van der Waals surface area contributed by atoms with Gasteiger partial charge in [-0.2, -0.15) is 0 Å². The maximum atomic E-state index is 12.9. The van der Waals surface area contributed by atoms with E-state index in [-0.39, 0.29) is 5.41 Å². The van der Waals surface area contributed by atoms with Crippen molar-refractivity contribution in [1.29, 1.82) is 0 Å². The third-order valence-electron chi connectivity index (χ3n) is 4.19. The van der Waals surface area contributed by atoms with Crippen LogP contribution in [0.5, 0.6) is 5.75 Å². The van der Waals surface area contributed by atoms with E-state index >= 15 is 0 Å². The van der Waals surface area contributed by atoms with Gasteiger partial charge in [0.1, 0.15) is 5.75 Å². The zero-order chi connectivity index (χ0) is 13.9. The molecule has 1 saturated carbocycles. The fourth-order valence-corrected chi connectivity index (χ4v) is 3.41. The second-order valence-electron chi connectivity index (χ2n) is 6.14. The first kappa shape index (κ1) is 14.1. The molecular formula is C17H24O2. The molecule has 0 aliphatic heterocycles. The molecule has 0 radical (unpaired) electrons. The SMILES string of the molecule is COc1ccc(C(=O)C2(CC(C)C)CCCC2)cc1. The number of Topliss-reactive ketones (excluding diaryl/α,β-unsaturated/α-hetero) is 1. The fourth-order valence-electron chi connectivity index (χ4n) is 3.41. The van der Waals surface area contributed by atoms with Crippen LogP contribution in [-0.2, 0) is 0 Å². The van der Waals surface area contributed by atoms with E-state index in [9.17, 15) is 4.79 Å². The number of ketones is 1. The van der Waals surface area contributed by atoms with E-state index in [0.717, 1.165) is 30.6 Å². The Balaban J connectivity index is 2.23. The smallest absolute Gasteiger partial charge is 0.169 e. The summed E-state index contributed by atoms with van der Waals surface area (Å²) in [6.07, 6.45) is 5.49. The fraction of sp³-hybridized carbons (Fsp3) is 0.588. The molecule has 1 aliphatic rings. The Hall–Kier alpha value is -1.31. The van der Waals surface area contributed by atoms with E-state index in [0.29, 0.717) is 11.7 Å². The maximum absolute atomic E-state index is 12.9. The molecule has 0 atom stereocenters. The highest BCUT2D eigenvalue weighted by Gasteiger charge is 2.41. The number of hydrogen-bond acceptors (Lipinski definition) is 2. The van der Waals surface area contributed by atoms with Crippen molar-refractivity contribution in [2.24, 2.45) is 11.3 Å². The summed E-state index contributed by atoms with van der Waals surface area (Å²) in [6, 6.07) is 7.57. The summed E-state index contributed by atoms with van der Waals surface area (Å²) in [5.74, 6) is 1.71. The first-order valence-corrected chi connectivity index (χ1v) is 7.26. The average Bonchev–Trinajstić information content (AvgIpc) is 2.87. The van der Waals surface area contributed by atoms with Gasteiger partial charge in [0.25, 0.3) is 0 Å². The summed E-state index contributed by atoms with van der Waals surface area (Å²) >= 11 is 0. The molecule has 104 valence electrons. The molecule has 0 aromatic heterocycles. The van der Waals surface area contributed by atoms with Gasteiger partial charge in [0.15, 0.2) is 5.78 Å². The molecule has 2 heteroatoms. The van der Waals surface area contributed by atoms with Gasteiger partial charge in [-0.05, 0) is 49.4 Å². The van der Waals surface area contributed by atoms with E-state index < -0.39 is 0 Å². The van der Waals surface area contributed by atoms with E-state index in [1.165, 1.54) is 12.8 Å². The Labute approximate surface area is 116 Å². The average molecular weight is 260 g/mol. The molecule has 2 nitrogen and oxygen atoms in total. The second kappa shape index (κ2) is 5.77. The van der Waals surface area contributed by atoms with Crippen molar-refractivity contribution in [2.75, 3.05) is 7.11 Å². The Bertz CT molecular complexity index is 425. The quantitative estimate of drug-likeness (QED) is 0.729. The number of rotatable bonds is 5. The van der Waals surface area contributed by atoms with Gasteiger partial charge in [-0.25, -0.2) is 0 Å². The van der Waals surface area contributed by atoms with Gasteiger partial charge >= 0.3 is 0 Å². The number of methoxy groups -OCH3 is 1. The van der Waals surface area contributed by atoms with Crippen LogP contribution >= 0.6 is 0 Å². The lowest BCUT2D eigenvalue weighted by molar-refractivity contribution is 0.0760. The van der Waals surface area contributed by atoms with Crippen molar-refractivity contribution >= 4 is 5.78 Å². The molecule has 1 aromatic carbocycles. The highest BCUT2D eigenvalue weighted by molar-refractivity contribution is 6.00. The number of carbonyl (C=O) groups excluding carboxylic acids is 1. The van der Waals surface area contributed by atoms with Crippen LogP contribution < -0.4 is 4.74 Å². The monoisotopic (exact) mass is 260 g/mol. The lowest BCUT2D eigenvalue weighted by atomic mass is 9.73. The second-order valence-corrected chi connectivity index (χ2v) is 6.14. The Morgan fingerprint density at radius 2 is 1.79 bits per heavy atom. The van der Waals surface area contributed by atoms with Crippen LogP contribution in [0.4, 0.5) is 0 Å². The molecule has 0 saturated heterocycles. The van der Waals surface area contributed by atoms with Gasteiger partial charge in [-0.3, -0.25) is 4.79 Å². The molecule has 0 unspecified atom stereocenters. The van der Waals surface area contributed by atoms with Crippen LogP contribution in [0, 0.1) is 11.3 Å². The van der Waals surface area contributed by atoms with Crippen molar-refractivity contribution in [2.45, 2.75) is 46.0 Å². The van der Waals surface area contributed by atoms with Gasteiger partial charge < -0.3 is 4.74 Å². The van der Waals surface area contributed by atoms with Crippen molar-refractivity contribution in [3.8, 4) is 5.75 Å². The third-order valence-corrected chi connectivity index (χ3v) is 4.19. The molecule has 1 aliphatic carbocycles. The molecule has 1 fully saturated rings. The van der Waals surface area contributed by atoms with E-state index in [2.05, 4.69) is 13.8 Å². The maximum Gasteiger partial charge on any atom is 0.169 e. The van der Waals surface area contributed by atoms with Crippen molar-refractivity contribution in [3.05, 3.63) is 29.8 Å². The Morgan fingerprint density at radius 3 is 2.26 bits per heavy atom. The largest absolute Gasteiger partial charge is 0.497 e. The standard InChI is InChI=1S/C17H24O2/c1-13(2)12-17(10-4-5-11-17)16(18)14-6-8-15(19-3)9-7-14/h6-9,13H,4-5,10-12H2,1-3H3. The van der Waals surface area contributed by atoms with Crippen LogP contribution in [0.1, 0.15) is 56.3 Å². The summed E-state index contributed by atoms with van der Waals surface area (Å²) < 4.78 is 5.15. The van der Waals surface area contributed by atoms with Crippen LogP contribution in [0.3, 0.4) is 0 Å². The van der Waals surface area contributed by atoms with Crippen molar-refractivity contribution in [1.82, 2.24) is 0 Å². The van der Waals surface area contributed by atoms with Gasteiger partial charge in [0.05, 0.1) is 7.11 Å². The lowest BCUT2D eigenvalue weighted by Crippen LogP contribution is -2.29. The number of hydrogen-bond donors (Lipinski definition) is 0. The minimum absolute atomic E-state index is 0.108. The van der Waals surface area contributed by atoms with E-state index in [4.69, 9.17) is 4.74 Å². The molecule has 0 N–H and O–H groups in total. The Kier molecular flexibility index (Phi) is 4.28. The molecule has 1 aromatic rings. The molecule has 0 bridgehead atoms. The topological polar surface area (TPSA) is 26.3 Å². The summed E-state index contributed by atoms with van der Waals surface area (Å²) in [6.45, 7) is 4.42. The van der Waals surface area contributed by atoms with Gasteiger partial charge in [0.2, 0.25) is 0 Å². The van der Waals surface area contributed by atoms with E-state index in [1.807, 2.05) is 24.3 Å². The molecular weight excluding hydrogens is 236 g/mol. The van der Waals surface area contributed by atoms with Crippen molar-refractivity contribution in [3.63, 3.8) is 0 Å². The molecule has 2 rings (SSSR count).